The van der Waals surface area contributed by atoms with Gasteiger partial charge < -0.3 is 15.1 Å². The Labute approximate surface area is 192 Å². The lowest BCUT2D eigenvalue weighted by Gasteiger charge is -2.26. The molecule has 1 aromatic carbocycles. The summed E-state index contributed by atoms with van der Waals surface area (Å²) in [4.78, 5) is 34.1. The molecule has 0 saturated carbocycles. The molecule has 10 nitrogen and oxygen atoms in total. The molecule has 4 heterocycles. The highest BCUT2D eigenvalue weighted by molar-refractivity contribution is 7.15. The van der Waals surface area contributed by atoms with E-state index in [1.165, 1.54) is 40.4 Å². The van der Waals surface area contributed by atoms with Crippen LogP contribution in [-0.2, 0) is 17.8 Å². The van der Waals surface area contributed by atoms with E-state index < -0.39 is 11.7 Å². The third-order valence-electron chi connectivity index (χ3n) is 5.82. The quantitative estimate of drug-likeness (QED) is 0.582. The van der Waals surface area contributed by atoms with E-state index in [1.54, 1.807) is 16.0 Å². The van der Waals surface area contributed by atoms with Gasteiger partial charge in [-0.3, -0.25) is 9.59 Å². The largest absolute Gasteiger partial charge is 0.333 e. The number of anilines is 1. The van der Waals surface area contributed by atoms with Crippen molar-refractivity contribution in [3.8, 4) is 11.9 Å². The van der Waals surface area contributed by atoms with Crippen molar-refractivity contribution in [3.05, 3.63) is 52.5 Å². The molecule has 1 fully saturated rings. The molecule has 0 radical (unpaired) electrons. The number of rotatable bonds is 4. The van der Waals surface area contributed by atoms with E-state index in [9.17, 15) is 14.0 Å². The molecule has 0 bridgehead atoms. The first-order valence-electron chi connectivity index (χ1n) is 10.4. The lowest BCUT2D eigenvalue weighted by molar-refractivity contribution is -0.119. The number of carbonyl (C=O) groups is 2. The first-order valence-corrected chi connectivity index (χ1v) is 11.2. The molecule has 0 aliphatic carbocycles. The summed E-state index contributed by atoms with van der Waals surface area (Å²) in [5.41, 5.74) is 1.34. The first-order chi connectivity index (χ1) is 16.0. The molecule has 2 aromatic heterocycles. The number of benzene rings is 1. The number of thiazole rings is 1. The smallest absolute Gasteiger partial charge is 0.257 e. The number of nitriles is 1. The molecule has 1 N–H and O–H groups in total. The van der Waals surface area contributed by atoms with Crippen LogP contribution < -0.4 is 5.32 Å². The summed E-state index contributed by atoms with van der Waals surface area (Å²) in [6, 6.07) is 4.25. The zero-order valence-electron chi connectivity index (χ0n) is 17.4. The number of aromatic nitrogens is 4. The second-order valence-electron chi connectivity index (χ2n) is 7.90. The minimum Gasteiger partial charge on any atom is -0.333 e. The minimum absolute atomic E-state index is 0.0345. The Kier molecular flexibility index (Phi) is 5.47. The lowest BCUT2D eigenvalue weighted by atomic mass is 10.1. The van der Waals surface area contributed by atoms with Crippen molar-refractivity contribution in [3.63, 3.8) is 0 Å². The zero-order chi connectivity index (χ0) is 22.9. The second kappa shape index (κ2) is 8.59. The number of likely N-dealkylation sites (tertiary alicyclic amines) is 1. The number of halogens is 1. The number of amides is 2. The van der Waals surface area contributed by atoms with Crippen LogP contribution in [-0.4, -0.2) is 61.2 Å². The van der Waals surface area contributed by atoms with Gasteiger partial charge in [0, 0.05) is 30.9 Å². The number of hydrogen-bond acceptors (Lipinski definition) is 8. The Hall–Kier alpha value is -3.85. The number of nitrogens with one attached hydrogen (secondary N) is 1. The van der Waals surface area contributed by atoms with E-state index in [0.717, 1.165) is 10.6 Å². The predicted octanol–water partition coefficient (Wildman–Crippen LogP) is 1.80. The zero-order valence-corrected chi connectivity index (χ0v) is 18.3. The summed E-state index contributed by atoms with van der Waals surface area (Å²) in [5.74, 6) is -1.42. The fourth-order valence-corrected chi connectivity index (χ4v) is 5.06. The van der Waals surface area contributed by atoms with Crippen LogP contribution >= 0.6 is 11.3 Å². The number of hydrogen-bond donors (Lipinski definition) is 1. The Morgan fingerprint density at radius 1 is 1.30 bits per heavy atom. The monoisotopic (exact) mass is 466 g/mol. The van der Waals surface area contributed by atoms with Gasteiger partial charge in [-0.2, -0.15) is 5.26 Å². The highest BCUT2D eigenvalue weighted by Gasteiger charge is 2.30. The minimum atomic E-state index is -0.602. The van der Waals surface area contributed by atoms with E-state index in [4.69, 9.17) is 5.26 Å². The van der Waals surface area contributed by atoms with Crippen molar-refractivity contribution < 1.29 is 14.0 Å². The van der Waals surface area contributed by atoms with Crippen LogP contribution in [0.4, 0.5) is 9.52 Å². The van der Waals surface area contributed by atoms with Gasteiger partial charge >= 0.3 is 0 Å². The SMILES string of the molecule is N#CN1CC[C@@H](C(=O)Nc2nc3c(s2)CN(C(=O)c2cc(-n4ccnn4)ccc2F)CC3)C1. The van der Waals surface area contributed by atoms with Gasteiger partial charge in [0.05, 0.1) is 41.8 Å². The fourth-order valence-electron chi connectivity index (χ4n) is 4.03. The molecule has 33 heavy (non-hydrogen) atoms. The second-order valence-corrected chi connectivity index (χ2v) is 8.98. The van der Waals surface area contributed by atoms with E-state index in [2.05, 4.69) is 26.8 Å². The van der Waals surface area contributed by atoms with Gasteiger partial charge in [-0.15, -0.1) is 5.10 Å². The molecule has 3 aromatic rings. The Bertz CT molecular complexity index is 1250. The molecule has 5 rings (SSSR count). The molecule has 0 spiro atoms. The number of nitrogens with zero attached hydrogens (tertiary/aromatic N) is 7. The van der Waals surface area contributed by atoms with Gasteiger partial charge in [-0.05, 0) is 24.6 Å². The van der Waals surface area contributed by atoms with Crippen molar-refractivity contribution >= 4 is 28.3 Å². The maximum absolute atomic E-state index is 14.5. The molecule has 12 heteroatoms. The lowest BCUT2D eigenvalue weighted by Crippen LogP contribution is -2.36. The van der Waals surface area contributed by atoms with Crippen LogP contribution in [0.5, 0.6) is 0 Å². The Morgan fingerprint density at radius 3 is 2.94 bits per heavy atom. The number of fused-ring (bicyclic) bond motifs is 1. The van der Waals surface area contributed by atoms with E-state index >= 15 is 0 Å². The van der Waals surface area contributed by atoms with Crippen molar-refractivity contribution in [1.29, 1.82) is 5.26 Å². The summed E-state index contributed by atoms with van der Waals surface area (Å²) in [5, 5.41) is 19.9. The Balaban J connectivity index is 1.28. The summed E-state index contributed by atoms with van der Waals surface area (Å²) in [6.45, 7) is 1.68. The van der Waals surface area contributed by atoms with Crippen LogP contribution in [0.2, 0.25) is 0 Å². The van der Waals surface area contributed by atoms with E-state index in [1.807, 2.05) is 0 Å². The average molecular weight is 467 g/mol. The van der Waals surface area contributed by atoms with Gasteiger partial charge in [0.2, 0.25) is 5.91 Å². The van der Waals surface area contributed by atoms with Gasteiger partial charge in [-0.25, -0.2) is 14.1 Å². The van der Waals surface area contributed by atoms with Crippen molar-refractivity contribution in [2.75, 3.05) is 25.0 Å². The molecule has 0 unspecified atom stereocenters. The fraction of sp³-hybridized carbons (Fsp3) is 0.333. The summed E-state index contributed by atoms with van der Waals surface area (Å²) in [7, 11) is 0. The van der Waals surface area contributed by atoms with Crippen LogP contribution in [0.15, 0.2) is 30.6 Å². The maximum Gasteiger partial charge on any atom is 0.257 e. The Morgan fingerprint density at radius 2 is 2.18 bits per heavy atom. The average Bonchev–Trinajstić information content (AvgIpc) is 3.58. The summed E-state index contributed by atoms with van der Waals surface area (Å²) in [6.07, 6.45) is 6.33. The van der Waals surface area contributed by atoms with Gasteiger partial charge in [0.1, 0.15) is 5.82 Å². The van der Waals surface area contributed by atoms with E-state index in [-0.39, 0.29) is 17.4 Å². The molecule has 2 amide bonds. The van der Waals surface area contributed by atoms with Crippen molar-refractivity contribution in [1.82, 2.24) is 29.8 Å². The topological polar surface area (TPSA) is 120 Å². The molecule has 2 aliphatic heterocycles. The third-order valence-corrected chi connectivity index (χ3v) is 6.81. The first kappa shape index (κ1) is 21.0. The standard InChI is InChI=1S/C21H19FN8O2S/c22-16-2-1-14(30-8-5-24-27-30)9-15(16)20(32)29-7-4-17-18(11-29)33-21(25-17)26-19(31)13-3-6-28(10-13)12-23/h1-2,5,8-9,13H,3-4,6-7,10-11H2,(H,25,26,31)/t13-/m1/s1. The molecule has 1 saturated heterocycles. The maximum atomic E-state index is 14.5. The summed E-state index contributed by atoms with van der Waals surface area (Å²) < 4.78 is 15.9. The number of carbonyl (C=O) groups excluding carboxylic acids is 2. The predicted molar refractivity (Wildman–Crippen MR) is 116 cm³/mol. The molecule has 2 aliphatic rings. The molecular formula is C21H19FN8O2S. The van der Waals surface area contributed by atoms with Crippen LogP contribution in [0.3, 0.4) is 0 Å². The van der Waals surface area contributed by atoms with E-state index in [0.29, 0.717) is 49.8 Å². The third kappa shape index (κ3) is 4.14. The van der Waals surface area contributed by atoms with Gasteiger partial charge in [0.15, 0.2) is 11.3 Å². The molecule has 1 atom stereocenters. The van der Waals surface area contributed by atoms with Crippen LogP contribution in [0.25, 0.3) is 5.69 Å². The van der Waals surface area contributed by atoms with Crippen LogP contribution in [0.1, 0.15) is 27.3 Å². The molecular weight excluding hydrogens is 447 g/mol. The highest BCUT2D eigenvalue weighted by atomic mass is 32.1. The van der Waals surface area contributed by atoms with Crippen molar-refractivity contribution in [2.45, 2.75) is 19.4 Å². The van der Waals surface area contributed by atoms with Gasteiger partial charge in [-0.1, -0.05) is 16.6 Å². The van der Waals surface area contributed by atoms with Gasteiger partial charge in [0.25, 0.3) is 5.91 Å². The highest BCUT2D eigenvalue weighted by Crippen LogP contribution is 2.30. The van der Waals surface area contributed by atoms with Crippen molar-refractivity contribution in [2.24, 2.45) is 5.92 Å². The molecule has 168 valence electrons. The van der Waals surface area contributed by atoms with Crippen LogP contribution in [0, 0.1) is 23.2 Å². The summed E-state index contributed by atoms with van der Waals surface area (Å²) >= 11 is 1.32. The normalized spacial score (nSPS) is 17.5.